The van der Waals surface area contributed by atoms with Crippen LogP contribution in [0.1, 0.15) is 38.5 Å². The lowest BCUT2D eigenvalue weighted by molar-refractivity contribution is -0.134. The molecule has 1 aliphatic heterocycles. The largest absolute Gasteiger partial charge is 0.382 e. The molecule has 148 valence electrons. The number of rotatable bonds is 8. The Morgan fingerprint density at radius 1 is 1.26 bits per heavy atom. The highest BCUT2D eigenvalue weighted by molar-refractivity contribution is 5.88. The van der Waals surface area contributed by atoms with Gasteiger partial charge >= 0.3 is 0 Å². The summed E-state index contributed by atoms with van der Waals surface area (Å²) in [6.07, 6.45) is 10.1. The molecule has 2 aliphatic rings. The number of carbonyl (C=O) groups is 2. The van der Waals surface area contributed by atoms with E-state index in [2.05, 4.69) is 25.8 Å². The van der Waals surface area contributed by atoms with Gasteiger partial charge in [-0.05, 0) is 30.9 Å². The highest BCUT2D eigenvalue weighted by Gasteiger charge is 2.32. The van der Waals surface area contributed by atoms with Gasteiger partial charge < -0.3 is 16.0 Å². The van der Waals surface area contributed by atoms with Gasteiger partial charge in [0.15, 0.2) is 0 Å². The van der Waals surface area contributed by atoms with E-state index in [0.717, 1.165) is 18.8 Å². The fraction of sp³-hybridized carbons (Fsp3) is 0.650. The Kier molecular flexibility index (Phi) is 7.45. The van der Waals surface area contributed by atoms with Crippen LogP contribution in [0.3, 0.4) is 0 Å². The van der Waals surface area contributed by atoms with Crippen molar-refractivity contribution in [2.45, 2.75) is 44.6 Å². The molecule has 0 bridgehead atoms. The highest BCUT2D eigenvalue weighted by atomic mass is 16.2. The zero-order valence-electron chi connectivity index (χ0n) is 16.0. The third kappa shape index (κ3) is 6.20. The lowest BCUT2D eigenvalue weighted by Crippen LogP contribution is -2.57. The Bertz CT molecular complexity index is 604. The molecule has 0 unspecified atom stereocenters. The molecule has 1 saturated heterocycles. The van der Waals surface area contributed by atoms with Crippen LogP contribution in [0.25, 0.3) is 0 Å². The summed E-state index contributed by atoms with van der Waals surface area (Å²) >= 11 is 0. The summed E-state index contributed by atoms with van der Waals surface area (Å²) in [4.78, 5) is 31.0. The molecule has 2 amide bonds. The van der Waals surface area contributed by atoms with Crippen molar-refractivity contribution in [3.63, 3.8) is 0 Å². The van der Waals surface area contributed by atoms with Gasteiger partial charge in [-0.15, -0.1) is 0 Å². The normalized spacial score (nSPS) is 21.5. The first-order chi connectivity index (χ1) is 13.2. The Hall–Kier alpha value is -2.15. The van der Waals surface area contributed by atoms with Gasteiger partial charge in [0.25, 0.3) is 0 Å². The van der Waals surface area contributed by atoms with Crippen molar-refractivity contribution in [1.29, 1.82) is 0 Å². The van der Waals surface area contributed by atoms with E-state index in [9.17, 15) is 9.59 Å². The van der Waals surface area contributed by atoms with Gasteiger partial charge in [-0.25, -0.2) is 0 Å². The first-order valence-electron chi connectivity index (χ1n) is 10.1. The van der Waals surface area contributed by atoms with Crippen LogP contribution in [0.15, 0.2) is 24.5 Å². The molecule has 1 aliphatic carbocycles. The second kappa shape index (κ2) is 10.3. The molecule has 3 N–H and O–H groups in total. The van der Waals surface area contributed by atoms with Gasteiger partial charge in [0, 0.05) is 45.1 Å². The molecule has 3 rings (SSSR count). The van der Waals surface area contributed by atoms with E-state index in [1.54, 1.807) is 12.4 Å². The van der Waals surface area contributed by atoms with Crippen LogP contribution in [-0.4, -0.2) is 60.5 Å². The average molecular weight is 374 g/mol. The molecule has 1 aromatic heterocycles. The summed E-state index contributed by atoms with van der Waals surface area (Å²) in [5, 5.41) is 9.04. The molecular formula is C20H31N5O2. The number of nitrogens with one attached hydrogen (secondary N) is 3. The number of carbonyl (C=O) groups excluding carboxylic acids is 2. The Balaban J connectivity index is 1.42. The maximum atomic E-state index is 12.3. The fourth-order valence-corrected chi connectivity index (χ4v) is 4.03. The topological polar surface area (TPSA) is 86.4 Å². The summed E-state index contributed by atoms with van der Waals surface area (Å²) in [6, 6.07) is 3.46. The van der Waals surface area contributed by atoms with Gasteiger partial charge in [-0.3, -0.25) is 19.5 Å². The van der Waals surface area contributed by atoms with Crippen molar-refractivity contribution in [2.75, 3.05) is 38.0 Å². The van der Waals surface area contributed by atoms with E-state index >= 15 is 0 Å². The predicted molar refractivity (Wildman–Crippen MR) is 105 cm³/mol. The number of aromatic nitrogens is 1. The number of piperazine rings is 1. The second-order valence-electron chi connectivity index (χ2n) is 7.53. The zero-order valence-corrected chi connectivity index (χ0v) is 16.0. The smallest absolute Gasteiger partial charge is 0.237 e. The molecule has 1 atom stereocenters. The first kappa shape index (κ1) is 19.6. The van der Waals surface area contributed by atoms with Crippen LogP contribution in [0.2, 0.25) is 0 Å². The molecule has 1 aromatic rings. The second-order valence-corrected chi connectivity index (χ2v) is 7.53. The maximum absolute atomic E-state index is 12.3. The van der Waals surface area contributed by atoms with Crippen LogP contribution in [0, 0.1) is 5.92 Å². The number of hydrogen-bond acceptors (Lipinski definition) is 5. The number of anilines is 1. The zero-order chi connectivity index (χ0) is 18.9. The van der Waals surface area contributed by atoms with E-state index in [1.165, 1.54) is 32.1 Å². The third-order valence-electron chi connectivity index (χ3n) is 5.48. The summed E-state index contributed by atoms with van der Waals surface area (Å²) in [7, 11) is 0. The number of pyridine rings is 1. The molecule has 7 nitrogen and oxygen atoms in total. The molecule has 27 heavy (non-hydrogen) atoms. The maximum Gasteiger partial charge on any atom is 0.237 e. The van der Waals surface area contributed by atoms with Crippen LogP contribution in [0.5, 0.6) is 0 Å². The number of nitrogens with zero attached hydrogens (tertiary/aromatic N) is 2. The summed E-state index contributed by atoms with van der Waals surface area (Å²) in [5.41, 5.74) is 0.928. The Labute approximate surface area is 161 Å². The molecule has 7 heteroatoms. The van der Waals surface area contributed by atoms with Gasteiger partial charge in [-0.2, -0.15) is 0 Å². The van der Waals surface area contributed by atoms with Gasteiger partial charge in [0.1, 0.15) is 0 Å². The Morgan fingerprint density at radius 2 is 2.11 bits per heavy atom. The van der Waals surface area contributed by atoms with E-state index < -0.39 is 0 Å². The quantitative estimate of drug-likeness (QED) is 0.600. The lowest BCUT2D eigenvalue weighted by atomic mass is 9.88. The van der Waals surface area contributed by atoms with E-state index in [0.29, 0.717) is 25.6 Å². The molecule has 0 aromatic carbocycles. The fourth-order valence-electron chi connectivity index (χ4n) is 4.03. The molecule has 0 radical (unpaired) electrons. The summed E-state index contributed by atoms with van der Waals surface area (Å²) in [5.74, 6) is 0.582. The highest BCUT2D eigenvalue weighted by Crippen LogP contribution is 2.25. The van der Waals surface area contributed by atoms with Gasteiger partial charge in [0.05, 0.1) is 18.2 Å². The minimum atomic E-state index is -0.341. The number of hydrogen-bond donors (Lipinski definition) is 3. The predicted octanol–water partition coefficient (Wildman–Crippen LogP) is 1.38. The van der Waals surface area contributed by atoms with E-state index in [1.807, 2.05) is 12.1 Å². The molecule has 2 fully saturated rings. The van der Waals surface area contributed by atoms with Gasteiger partial charge in [-0.1, -0.05) is 19.3 Å². The van der Waals surface area contributed by atoms with Crippen LogP contribution < -0.4 is 16.0 Å². The summed E-state index contributed by atoms with van der Waals surface area (Å²) < 4.78 is 0. The molecule has 1 saturated carbocycles. The van der Waals surface area contributed by atoms with Crippen molar-refractivity contribution in [3.8, 4) is 0 Å². The molecule has 2 heterocycles. The van der Waals surface area contributed by atoms with Crippen molar-refractivity contribution >= 4 is 17.5 Å². The van der Waals surface area contributed by atoms with Crippen LogP contribution in [-0.2, 0) is 9.59 Å². The third-order valence-corrected chi connectivity index (χ3v) is 5.48. The van der Waals surface area contributed by atoms with Crippen molar-refractivity contribution in [1.82, 2.24) is 20.5 Å². The molecule has 0 spiro atoms. The molecular weight excluding hydrogens is 342 g/mol. The van der Waals surface area contributed by atoms with E-state index in [4.69, 9.17) is 0 Å². The monoisotopic (exact) mass is 373 g/mol. The van der Waals surface area contributed by atoms with Crippen molar-refractivity contribution in [3.05, 3.63) is 24.5 Å². The first-order valence-corrected chi connectivity index (χ1v) is 10.1. The SMILES string of the molecule is O=C(C[C@H]1C(=O)NCCN1CC1CCCCC1)NCCNc1cccnc1. The summed E-state index contributed by atoms with van der Waals surface area (Å²) in [6.45, 7) is 3.60. The van der Waals surface area contributed by atoms with Crippen molar-refractivity contribution < 1.29 is 9.59 Å². The lowest BCUT2D eigenvalue weighted by Gasteiger charge is -2.37. The Morgan fingerprint density at radius 3 is 2.89 bits per heavy atom. The van der Waals surface area contributed by atoms with Crippen molar-refractivity contribution in [2.24, 2.45) is 5.92 Å². The standard InChI is InChI=1S/C20H31N5O2/c26-19(23-10-9-22-17-7-4-8-21-14-17)13-18-20(27)24-11-12-25(18)15-16-5-2-1-3-6-16/h4,7-8,14,16,18,22H,1-3,5-6,9-13,15H2,(H,23,26)(H,24,27)/t18-/m0/s1. The average Bonchev–Trinajstić information content (AvgIpc) is 2.70. The van der Waals surface area contributed by atoms with Crippen LogP contribution in [0.4, 0.5) is 5.69 Å². The minimum absolute atomic E-state index is 0.0132. The van der Waals surface area contributed by atoms with Crippen LogP contribution >= 0.6 is 0 Å². The minimum Gasteiger partial charge on any atom is -0.382 e. The van der Waals surface area contributed by atoms with Gasteiger partial charge in [0.2, 0.25) is 11.8 Å². The number of amides is 2. The van der Waals surface area contributed by atoms with E-state index in [-0.39, 0.29) is 24.3 Å².